The Morgan fingerprint density at radius 1 is 1.12 bits per heavy atom. The van der Waals surface area contributed by atoms with Gasteiger partial charge in [-0.25, -0.2) is 13.1 Å². The zero-order chi connectivity index (χ0) is 19.5. The molecule has 26 heavy (non-hydrogen) atoms. The Balaban J connectivity index is 2.18. The average molecular weight is 398 g/mol. The first kappa shape index (κ1) is 19.3. The lowest BCUT2D eigenvalue weighted by Crippen LogP contribution is -2.28. The van der Waals surface area contributed by atoms with Gasteiger partial charge < -0.3 is 5.32 Å². The van der Waals surface area contributed by atoms with Gasteiger partial charge in [-0.2, -0.15) is 0 Å². The summed E-state index contributed by atoms with van der Waals surface area (Å²) in [7, 11) is -3.97. The van der Waals surface area contributed by atoms with Crippen molar-refractivity contribution in [2.24, 2.45) is 0 Å². The molecule has 2 aromatic rings. The minimum Gasteiger partial charge on any atom is -0.322 e. The Kier molecular flexibility index (Phi) is 5.58. The first-order valence-corrected chi connectivity index (χ1v) is 8.85. The van der Waals surface area contributed by atoms with E-state index in [9.17, 15) is 28.1 Å². The number of rotatable bonds is 5. The van der Waals surface area contributed by atoms with Crippen molar-refractivity contribution < 1.29 is 22.9 Å². The molecular formula is C15H12ClN3O6S. The number of hydrogen-bond acceptors (Lipinski definition) is 6. The first-order chi connectivity index (χ1) is 12.1. The van der Waals surface area contributed by atoms with E-state index in [1.54, 1.807) is 0 Å². The molecule has 11 heteroatoms. The number of halogens is 1. The van der Waals surface area contributed by atoms with Gasteiger partial charge in [-0.05, 0) is 30.3 Å². The molecule has 0 heterocycles. The van der Waals surface area contributed by atoms with Crippen molar-refractivity contribution >= 4 is 44.8 Å². The molecule has 0 saturated carbocycles. The highest BCUT2D eigenvalue weighted by Gasteiger charge is 2.17. The van der Waals surface area contributed by atoms with Crippen LogP contribution in [0.25, 0.3) is 0 Å². The monoisotopic (exact) mass is 397 g/mol. The van der Waals surface area contributed by atoms with Gasteiger partial charge in [-0.1, -0.05) is 11.6 Å². The molecular weight excluding hydrogens is 386 g/mol. The van der Waals surface area contributed by atoms with E-state index in [0.29, 0.717) is 0 Å². The number of nitrogens with one attached hydrogen (secondary N) is 2. The summed E-state index contributed by atoms with van der Waals surface area (Å²) in [5, 5.41) is 13.1. The molecule has 0 spiro atoms. The van der Waals surface area contributed by atoms with Crippen molar-refractivity contribution in [2.45, 2.75) is 11.8 Å². The highest BCUT2D eigenvalue weighted by molar-refractivity contribution is 7.90. The molecule has 2 aromatic carbocycles. The zero-order valence-corrected chi connectivity index (χ0v) is 14.8. The highest BCUT2D eigenvalue weighted by Crippen LogP contribution is 2.23. The number of nitro benzene ring substituents is 1. The smallest absolute Gasteiger partial charge is 0.270 e. The Morgan fingerprint density at radius 2 is 1.73 bits per heavy atom. The van der Waals surface area contributed by atoms with Crippen LogP contribution in [0.3, 0.4) is 0 Å². The van der Waals surface area contributed by atoms with Gasteiger partial charge in [0.2, 0.25) is 5.91 Å². The van der Waals surface area contributed by atoms with Gasteiger partial charge in [0.05, 0.1) is 20.4 Å². The third-order valence-corrected chi connectivity index (χ3v) is 4.87. The van der Waals surface area contributed by atoms with Crippen LogP contribution in [0.15, 0.2) is 47.4 Å². The molecule has 0 atom stereocenters. The van der Waals surface area contributed by atoms with E-state index in [1.807, 2.05) is 4.72 Å². The van der Waals surface area contributed by atoms with Crippen molar-refractivity contribution in [1.29, 1.82) is 0 Å². The number of sulfonamides is 1. The highest BCUT2D eigenvalue weighted by atomic mass is 35.5. The van der Waals surface area contributed by atoms with E-state index >= 15 is 0 Å². The summed E-state index contributed by atoms with van der Waals surface area (Å²) in [5.41, 5.74) is 0.0393. The van der Waals surface area contributed by atoms with Crippen LogP contribution in [0.5, 0.6) is 0 Å². The summed E-state index contributed by atoms with van der Waals surface area (Å²) < 4.78 is 25.5. The molecule has 0 unspecified atom stereocenters. The summed E-state index contributed by atoms with van der Waals surface area (Å²) in [5.74, 6) is -1.35. The van der Waals surface area contributed by atoms with Gasteiger partial charge in [-0.3, -0.25) is 19.7 Å². The SMILES string of the molecule is CC(=O)NS(=O)(=O)c1ccc(NC(=O)c2ccc([N+](=O)[O-])cc2Cl)cc1. The maximum absolute atomic E-state index is 12.2. The lowest BCUT2D eigenvalue weighted by Gasteiger charge is -2.08. The fourth-order valence-electron chi connectivity index (χ4n) is 1.97. The quantitative estimate of drug-likeness (QED) is 0.587. The normalized spacial score (nSPS) is 10.8. The van der Waals surface area contributed by atoms with Gasteiger partial charge in [0, 0.05) is 24.7 Å². The van der Waals surface area contributed by atoms with E-state index < -0.39 is 26.8 Å². The van der Waals surface area contributed by atoms with Crippen molar-refractivity contribution in [3.63, 3.8) is 0 Å². The van der Waals surface area contributed by atoms with E-state index in [1.165, 1.54) is 30.3 Å². The predicted octanol–water partition coefficient (Wildman–Crippen LogP) is 2.33. The van der Waals surface area contributed by atoms with E-state index in [-0.39, 0.29) is 26.9 Å². The van der Waals surface area contributed by atoms with Crippen LogP contribution in [0.4, 0.5) is 11.4 Å². The summed E-state index contributed by atoms with van der Waals surface area (Å²) in [4.78, 5) is 33.0. The van der Waals surface area contributed by atoms with Gasteiger partial charge in [-0.15, -0.1) is 0 Å². The van der Waals surface area contributed by atoms with Gasteiger partial charge in [0.15, 0.2) is 0 Å². The molecule has 2 amide bonds. The minimum atomic E-state index is -3.97. The maximum Gasteiger partial charge on any atom is 0.270 e. The molecule has 0 aliphatic rings. The predicted molar refractivity (Wildman–Crippen MR) is 93.5 cm³/mol. The Hall–Kier alpha value is -2.98. The van der Waals surface area contributed by atoms with Crippen LogP contribution >= 0.6 is 11.6 Å². The fourth-order valence-corrected chi connectivity index (χ4v) is 3.22. The summed E-state index contributed by atoms with van der Waals surface area (Å²) in [6.07, 6.45) is 0. The van der Waals surface area contributed by atoms with Crippen LogP contribution in [-0.2, 0) is 14.8 Å². The van der Waals surface area contributed by atoms with Gasteiger partial charge in [0.1, 0.15) is 0 Å². The maximum atomic E-state index is 12.2. The first-order valence-electron chi connectivity index (χ1n) is 6.99. The van der Waals surface area contributed by atoms with Crippen molar-refractivity contribution in [1.82, 2.24) is 4.72 Å². The Bertz CT molecular complexity index is 989. The summed E-state index contributed by atoms with van der Waals surface area (Å²) in [6.45, 7) is 1.07. The minimum absolute atomic E-state index is 0.0206. The summed E-state index contributed by atoms with van der Waals surface area (Å²) in [6, 6.07) is 8.48. The number of carbonyl (C=O) groups is 2. The van der Waals surface area contributed by atoms with Crippen LogP contribution in [0.1, 0.15) is 17.3 Å². The fraction of sp³-hybridized carbons (Fsp3) is 0.0667. The van der Waals surface area contributed by atoms with E-state index in [4.69, 9.17) is 11.6 Å². The second kappa shape index (κ2) is 7.50. The molecule has 0 aliphatic heterocycles. The molecule has 0 saturated heterocycles. The topological polar surface area (TPSA) is 135 Å². The number of nitrogens with zero attached hydrogens (tertiary/aromatic N) is 1. The van der Waals surface area contributed by atoms with Crippen LogP contribution < -0.4 is 10.0 Å². The molecule has 0 bridgehead atoms. The van der Waals surface area contributed by atoms with Crippen molar-refractivity contribution in [3.8, 4) is 0 Å². The number of nitro groups is 1. The molecule has 2 rings (SSSR count). The second-order valence-electron chi connectivity index (χ2n) is 5.06. The van der Waals surface area contributed by atoms with Gasteiger partial charge >= 0.3 is 0 Å². The standard InChI is InChI=1S/C15H12ClN3O6S/c1-9(20)18-26(24,25)12-5-2-10(3-6-12)17-15(21)13-7-4-11(19(22)23)8-14(13)16/h2-8H,1H3,(H,17,21)(H,18,20). The zero-order valence-electron chi connectivity index (χ0n) is 13.2. The van der Waals surface area contributed by atoms with Crippen molar-refractivity contribution in [3.05, 3.63) is 63.2 Å². The molecule has 9 nitrogen and oxygen atoms in total. The number of anilines is 1. The van der Waals surface area contributed by atoms with Crippen LogP contribution in [-0.4, -0.2) is 25.2 Å². The molecule has 136 valence electrons. The summed E-state index contributed by atoms with van der Waals surface area (Å²) >= 11 is 5.88. The number of non-ortho nitro benzene ring substituents is 1. The van der Waals surface area contributed by atoms with Crippen LogP contribution in [0.2, 0.25) is 5.02 Å². The Morgan fingerprint density at radius 3 is 2.23 bits per heavy atom. The average Bonchev–Trinajstić information content (AvgIpc) is 2.53. The van der Waals surface area contributed by atoms with Crippen molar-refractivity contribution in [2.75, 3.05) is 5.32 Å². The molecule has 0 aliphatic carbocycles. The molecule has 2 N–H and O–H groups in total. The third kappa shape index (κ3) is 4.55. The molecule has 0 aromatic heterocycles. The largest absolute Gasteiger partial charge is 0.322 e. The Labute approximate surface area is 153 Å². The number of carbonyl (C=O) groups excluding carboxylic acids is 2. The lowest BCUT2D eigenvalue weighted by molar-refractivity contribution is -0.384. The number of benzene rings is 2. The van der Waals surface area contributed by atoms with Crippen LogP contribution in [0, 0.1) is 10.1 Å². The number of hydrogen-bond donors (Lipinski definition) is 2. The van der Waals surface area contributed by atoms with E-state index in [2.05, 4.69) is 5.32 Å². The number of amides is 2. The second-order valence-corrected chi connectivity index (χ2v) is 7.15. The molecule has 0 radical (unpaired) electrons. The molecule has 0 fully saturated rings. The van der Waals surface area contributed by atoms with E-state index in [0.717, 1.165) is 19.1 Å². The third-order valence-electron chi connectivity index (χ3n) is 3.11. The lowest BCUT2D eigenvalue weighted by atomic mass is 10.2. The van der Waals surface area contributed by atoms with Gasteiger partial charge in [0.25, 0.3) is 21.6 Å².